The van der Waals surface area contributed by atoms with Crippen LogP contribution >= 0.6 is 0 Å². The second kappa shape index (κ2) is 11.4. The molecule has 1 aliphatic heterocycles. The molecule has 32 heavy (non-hydrogen) atoms. The Balaban J connectivity index is 1.39. The van der Waals surface area contributed by atoms with Crippen molar-refractivity contribution in [1.29, 1.82) is 0 Å². The fourth-order valence-corrected chi connectivity index (χ4v) is 3.14. The fraction of sp³-hybridized carbons (Fsp3) is 0.435. The van der Waals surface area contributed by atoms with Crippen LogP contribution in [0.25, 0.3) is 0 Å². The molecule has 0 saturated carbocycles. The lowest BCUT2D eigenvalue weighted by Crippen LogP contribution is -2.37. The van der Waals surface area contributed by atoms with Crippen molar-refractivity contribution in [2.75, 3.05) is 40.0 Å². The standard InChI is InChI=1S/C23H29NO8/c1-3-29-23(27)22-14-31-21-10-15(4-6-19(21)32-22)8-9-24-12-17(26)13-30-18-7-5-16(25)11-20(18)28-2/h4-7,10-11,17,22,24-26H,3,8-9,12-14H2,1-2H3/t17-,22?/m1/s1. The van der Waals surface area contributed by atoms with E-state index in [1.165, 1.54) is 19.2 Å². The first-order chi connectivity index (χ1) is 15.5. The largest absolute Gasteiger partial charge is 0.508 e. The Morgan fingerprint density at radius 1 is 1.22 bits per heavy atom. The molecule has 3 rings (SSSR count). The number of nitrogens with one attached hydrogen (secondary N) is 1. The van der Waals surface area contributed by atoms with Gasteiger partial charge >= 0.3 is 5.97 Å². The summed E-state index contributed by atoms with van der Waals surface area (Å²) in [5.41, 5.74) is 1.04. The quantitative estimate of drug-likeness (QED) is 0.349. The van der Waals surface area contributed by atoms with Crippen LogP contribution in [-0.4, -0.2) is 68.4 Å². The van der Waals surface area contributed by atoms with E-state index in [2.05, 4.69) is 5.32 Å². The van der Waals surface area contributed by atoms with Gasteiger partial charge in [-0.05, 0) is 49.7 Å². The van der Waals surface area contributed by atoms with Gasteiger partial charge in [0, 0.05) is 12.6 Å². The summed E-state index contributed by atoms with van der Waals surface area (Å²) in [6, 6.07) is 10.1. The van der Waals surface area contributed by atoms with Crippen LogP contribution in [0.2, 0.25) is 0 Å². The zero-order chi connectivity index (χ0) is 22.9. The zero-order valence-electron chi connectivity index (χ0n) is 18.2. The molecule has 0 fully saturated rings. The van der Waals surface area contributed by atoms with Crippen LogP contribution in [0.5, 0.6) is 28.7 Å². The van der Waals surface area contributed by atoms with E-state index in [9.17, 15) is 15.0 Å². The molecule has 2 aromatic rings. The number of hydrogen-bond donors (Lipinski definition) is 3. The molecule has 0 saturated heterocycles. The van der Waals surface area contributed by atoms with Crippen molar-refractivity contribution in [2.24, 2.45) is 0 Å². The average Bonchev–Trinajstić information content (AvgIpc) is 2.80. The SMILES string of the molecule is CCOC(=O)C1COc2cc(CCNC[C@@H](O)COc3ccc(O)cc3OC)ccc2O1. The highest BCUT2D eigenvalue weighted by Crippen LogP contribution is 2.33. The molecule has 2 atom stereocenters. The molecule has 2 aromatic carbocycles. The minimum atomic E-state index is -0.750. The van der Waals surface area contributed by atoms with Gasteiger partial charge in [0.15, 0.2) is 23.0 Å². The van der Waals surface area contributed by atoms with Gasteiger partial charge in [0.25, 0.3) is 0 Å². The first-order valence-corrected chi connectivity index (χ1v) is 10.5. The highest BCUT2D eigenvalue weighted by atomic mass is 16.6. The molecule has 174 valence electrons. The number of methoxy groups -OCH3 is 1. The topological polar surface area (TPSA) is 116 Å². The maximum Gasteiger partial charge on any atom is 0.350 e. The third-order valence-corrected chi connectivity index (χ3v) is 4.77. The lowest BCUT2D eigenvalue weighted by molar-refractivity contribution is -0.153. The molecule has 9 nitrogen and oxygen atoms in total. The summed E-state index contributed by atoms with van der Waals surface area (Å²) in [7, 11) is 1.48. The van der Waals surface area contributed by atoms with Crippen molar-refractivity contribution in [3.63, 3.8) is 0 Å². The number of phenols is 1. The Morgan fingerprint density at radius 2 is 2.06 bits per heavy atom. The third kappa shape index (κ3) is 6.41. The molecule has 0 aliphatic carbocycles. The summed E-state index contributed by atoms with van der Waals surface area (Å²) in [4.78, 5) is 11.8. The van der Waals surface area contributed by atoms with Crippen LogP contribution in [0, 0.1) is 0 Å². The lowest BCUT2D eigenvalue weighted by atomic mass is 10.1. The molecule has 0 spiro atoms. The maximum atomic E-state index is 11.8. The number of aliphatic hydroxyl groups excluding tert-OH is 1. The van der Waals surface area contributed by atoms with Gasteiger partial charge in [0.2, 0.25) is 6.10 Å². The van der Waals surface area contributed by atoms with E-state index in [4.69, 9.17) is 23.7 Å². The van der Waals surface area contributed by atoms with Crippen LogP contribution in [0.3, 0.4) is 0 Å². The molecule has 3 N–H and O–H groups in total. The molecule has 1 aliphatic rings. The van der Waals surface area contributed by atoms with Crippen molar-refractivity contribution < 1.29 is 38.7 Å². The number of carbonyl (C=O) groups excluding carboxylic acids is 1. The lowest BCUT2D eigenvalue weighted by Gasteiger charge is -2.25. The first kappa shape index (κ1) is 23.5. The van der Waals surface area contributed by atoms with Crippen LogP contribution in [0.4, 0.5) is 0 Å². The molecular formula is C23H29NO8. The van der Waals surface area contributed by atoms with Crippen LogP contribution in [0.15, 0.2) is 36.4 Å². The number of fused-ring (bicyclic) bond motifs is 1. The van der Waals surface area contributed by atoms with Crippen LogP contribution in [-0.2, 0) is 16.0 Å². The summed E-state index contributed by atoms with van der Waals surface area (Å²) < 4.78 is 27.0. The third-order valence-electron chi connectivity index (χ3n) is 4.77. The number of carbonyl (C=O) groups is 1. The molecular weight excluding hydrogens is 418 g/mol. The van der Waals surface area contributed by atoms with Crippen LogP contribution in [0.1, 0.15) is 12.5 Å². The number of hydrogen-bond acceptors (Lipinski definition) is 9. The summed E-state index contributed by atoms with van der Waals surface area (Å²) in [5, 5.41) is 22.8. The second-order valence-corrected chi connectivity index (χ2v) is 7.20. The second-order valence-electron chi connectivity index (χ2n) is 7.20. The van der Waals surface area contributed by atoms with Gasteiger partial charge in [-0.3, -0.25) is 0 Å². The molecule has 0 radical (unpaired) electrons. The molecule has 0 amide bonds. The molecule has 1 unspecified atom stereocenters. The number of aromatic hydroxyl groups is 1. The summed E-state index contributed by atoms with van der Waals surface area (Å²) in [6.45, 7) is 3.24. The Bertz CT molecular complexity index is 904. The van der Waals surface area contributed by atoms with Gasteiger partial charge in [-0.2, -0.15) is 0 Å². The van der Waals surface area contributed by atoms with Gasteiger partial charge < -0.3 is 39.2 Å². The van der Waals surface area contributed by atoms with E-state index in [-0.39, 0.29) is 19.0 Å². The fourth-order valence-electron chi connectivity index (χ4n) is 3.14. The Labute approximate surface area is 186 Å². The number of esters is 1. The molecule has 0 bridgehead atoms. The normalized spacial score (nSPS) is 15.7. The van der Waals surface area contributed by atoms with E-state index in [1.54, 1.807) is 19.1 Å². The van der Waals surface area contributed by atoms with Crippen molar-refractivity contribution in [3.8, 4) is 28.7 Å². The van der Waals surface area contributed by atoms with Crippen molar-refractivity contribution in [3.05, 3.63) is 42.0 Å². The van der Waals surface area contributed by atoms with Gasteiger partial charge in [-0.25, -0.2) is 4.79 Å². The first-order valence-electron chi connectivity index (χ1n) is 10.5. The number of ether oxygens (including phenoxy) is 5. The number of aliphatic hydroxyl groups is 1. The van der Waals surface area contributed by atoms with Crippen molar-refractivity contribution in [1.82, 2.24) is 5.32 Å². The van der Waals surface area contributed by atoms with E-state index < -0.39 is 18.2 Å². The summed E-state index contributed by atoms with van der Waals surface area (Å²) in [6.07, 6.45) is -0.745. The minimum absolute atomic E-state index is 0.0781. The number of phenolic OH excluding ortho intramolecular Hbond substituents is 1. The highest BCUT2D eigenvalue weighted by molar-refractivity contribution is 5.76. The van der Waals surface area contributed by atoms with Gasteiger partial charge in [0.05, 0.1) is 13.7 Å². The number of benzene rings is 2. The Hall–Kier alpha value is -3.17. The van der Waals surface area contributed by atoms with E-state index in [0.29, 0.717) is 42.7 Å². The Kier molecular flexibility index (Phi) is 8.41. The van der Waals surface area contributed by atoms with Gasteiger partial charge in [0.1, 0.15) is 25.1 Å². The summed E-state index contributed by atoms with van der Waals surface area (Å²) in [5.74, 6) is 1.61. The zero-order valence-corrected chi connectivity index (χ0v) is 18.2. The predicted octanol–water partition coefficient (Wildman–Crippen LogP) is 1.68. The summed E-state index contributed by atoms with van der Waals surface area (Å²) >= 11 is 0. The van der Waals surface area contributed by atoms with Gasteiger partial charge in [-0.15, -0.1) is 0 Å². The number of rotatable bonds is 11. The van der Waals surface area contributed by atoms with E-state index >= 15 is 0 Å². The smallest absolute Gasteiger partial charge is 0.350 e. The van der Waals surface area contributed by atoms with E-state index in [0.717, 1.165) is 12.0 Å². The molecule has 9 heteroatoms. The van der Waals surface area contributed by atoms with Crippen molar-refractivity contribution >= 4 is 5.97 Å². The Morgan fingerprint density at radius 3 is 2.84 bits per heavy atom. The average molecular weight is 447 g/mol. The minimum Gasteiger partial charge on any atom is -0.508 e. The molecule has 0 aromatic heterocycles. The van der Waals surface area contributed by atoms with E-state index in [1.807, 2.05) is 12.1 Å². The highest BCUT2D eigenvalue weighted by Gasteiger charge is 2.28. The van der Waals surface area contributed by atoms with Crippen LogP contribution < -0.4 is 24.3 Å². The molecule has 1 heterocycles. The monoisotopic (exact) mass is 447 g/mol. The predicted molar refractivity (Wildman–Crippen MR) is 116 cm³/mol. The van der Waals surface area contributed by atoms with Crippen molar-refractivity contribution in [2.45, 2.75) is 25.6 Å². The van der Waals surface area contributed by atoms with Gasteiger partial charge in [-0.1, -0.05) is 6.07 Å². The maximum absolute atomic E-state index is 11.8.